The summed E-state index contributed by atoms with van der Waals surface area (Å²) in [4.78, 5) is 12.3. The predicted octanol–water partition coefficient (Wildman–Crippen LogP) is 1.88. The summed E-state index contributed by atoms with van der Waals surface area (Å²) in [6.07, 6.45) is 3.12. The van der Waals surface area contributed by atoms with Gasteiger partial charge in [-0.1, -0.05) is 41.9 Å². The Morgan fingerprint density at radius 1 is 1.40 bits per heavy atom. The molecule has 1 fully saturated rings. The molecule has 0 aromatic heterocycles. The van der Waals surface area contributed by atoms with Gasteiger partial charge in [0.1, 0.15) is 6.04 Å². The lowest BCUT2D eigenvalue weighted by Gasteiger charge is -2.24. The normalized spacial score (nSPS) is 21.2. The highest BCUT2D eigenvalue weighted by atomic mass is 32.2. The van der Waals surface area contributed by atoms with E-state index in [9.17, 15) is 4.79 Å². The molecular formula is C14H19N3O2S. The Kier molecular flexibility index (Phi) is 5.29. The van der Waals surface area contributed by atoms with Crippen LogP contribution in [0.5, 0.6) is 0 Å². The van der Waals surface area contributed by atoms with Crippen LogP contribution in [-0.2, 0) is 4.79 Å². The fraction of sp³-hybridized carbons (Fsp3) is 0.429. The largest absolute Gasteiger partial charge is 0.409 e. The van der Waals surface area contributed by atoms with Gasteiger partial charge in [-0.25, -0.2) is 0 Å². The Morgan fingerprint density at radius 3 is 2.75 bits per heavy atom. The highest BCUT2D eigenvalue weighted by Gasteiger charge is 2.26. The molecule has 20 heavy (non-hydrogen) atoms. The van der Waals surface area contributed by atoms with Crippen LogP contribution in [0.25, 0.3) is 0 Å². The Balaban J connectivity index is 2.10. The number of nitrogens with zero attached hydrogens (tertiary/aromatic N) is 1. The second kappa shape index (κ2) is 7.19. The summed E-state index contributed by atoms with van der Waals surface area (Å²) in [6.45, 7) is 0. The monoisotopic (exact) mass is 293 g/mol. The van der Waals surface area contributed by atoms with E-state index in [1.54, 1.807) is 11.8 Å². The van der Waals surface area contributed by atoms with Crippen molar-refractivity contribution >= 4 is 23.5 Å². The number of rotatable bonds is 4. The van der Waals surface area contributed by atoms with E-state index < -0.39 is 6.04 Å². The average molecular weight is 293 g/mol. The fourth-order valence-electron chi connectivity index (χ4n) is 2.21. The number of hydrogen-bond acceptors (Lipinski definition) is 4. The van der Waals surface area contributed by atoms with Crippen molar-refractivity contribution in [3.63, 3.8) is 0 Å². The summed E-state index contributed by atoms with van der Waals surface area (Å²) in [5.74, 6) is 0.956. The molecule has 1 aromatic rings. The molecule has 6 heteroatoms. The van der Waals surface area contributed by atoms with E-state index in [1.807, 2.05) is 30.3 Å². The molecule has 0 saturated carbocycles. The maximum absolute atomic E-state index is 12.3. The molecule has 4 N–H and O–H groups in total. The summed E-state index contributed by atoms with van der Waals surface area (Å²) in [5, 5.41) is 14.8. The Morgan fingerprint density at radius 2 is 2.15 bits per heavy atom. The molecule has 2 rings (SSSR count). The van der Waals surface area contributed by atoms with Gasteiger partial charge in [0.05, 0.1) is 5.25 Å². The minimum atomic E-state index is -0.587. The summed E-state index contributed by atoms with van der Waals surface area (Å²) >= 11 is 1.67. The Hall–Kier alpha value is -1.69. The lowest BCUT2D eigenvalue weighted by Crippen LogP contribution is -2.42. The smallest absolute Gasteiger partial charge is 0.233 e. The number of nitrogens with two attached hydrogens (primary N) is 1. The molecule has 1 heterocycles. The maximum Gasteiger partial charge on any atom is 0.233 e. The average Bonchev–Trinajstić information content (AvgIpc) is 2.53. The quantitative estimate of drug-likeness (QED) is 0.342. The van der Waals surface area contributed by atoms with Crippen molar-refractivity contribution < 1.29 is 10.0 Å². The third-order valence-corrected chi connectivity index (χ3v) is 4.68. The molecule has 5 nitrogen and oxygen atoms in total. The summed E-state index contributed by atoms with van der Waals surface area (Å²) < 4.78 is 0. The van der Waals surface area contributed by atoms with Gasteiger partial charge in [-0.2, -0.15) is 0 Å². The molecule has 1 aliphatic heterocycles. The van der Waals surface area contributed by atoms with Gasteiger partial charge in [-0.3, -0.25) is 4.79 Å². The summed E-state index contributed by atoms with van der Waals surface area (Å²) in [7, 11) is 0. The van der Waals surface area contributed by atoms with Crippen LogP contribution in [0.1, 0.15) is 30.9 Å². The van der Waals surface area contributed by atoms with Crippen molar-refractivity contribution in [2.45, 2.75) is 30.6 Å². The zero-order valence-corrected chi connectivity index (χ0v) is 12.0. The number of hydrogen-bond donors (Lipinski definition) is 3. The van der Waals surface area contributed by atoms with E-state index >= 15 is 0 Å². The van der Waals surface area contributed by atoms with E-state index in [4.69, 9.17) is 10.9 Å². The number of carbonyl (C=O) groups excluding carboxylic acids is 1. The van der Waals surface area contributed by atoms with Gasteiger partial charge in [-0.05, 0) is 24.2 Å². The number of thioether (sulfide) groups is 1. The molecule has 2 atom stereocenters. The van der Waals surface area contributed by atoms with Crippen LogP contribution in [0.3, 0.4) is 0 Å². The predicted molar refractivity (Wildman–Crippen MR) is 80.8 cm³/mol. The van der Waals surface area contributed by atoms with E-state index in [1.165, 1.54) is 0 Å². The van der Waals surface area contributed by atoms with Gasteiger partial charge in [-0.15, -0.1) is 11.8 Å². The maximum atomic E-state index is 12.3. The van der Waals surface area contributed by atoms with Gasteiger partial charge in [0.2, 0.25) is 5.91 Å². The number of nitrogens with one attached hydrogen (secondary N) is 1. The fourth-order valence-corrected chi connectivity index (χ4v) is 3.42. The van der Waals surface area contributed by atoms with Crippen LogP contribution in [-0.4, -0.2) is 28.0 Å². The molecule has 0 radical (unpaired) electrons. The number of amides is 1. The summed E-state index contributed by atoms with van der Waals surface area (Å²) in [5.41, 5.74) is 6.51. The van der Waals surface area contributed by atoms with Crippen molar-refractivity contribution in [2.24, 2.45) is 10.9 Å². The lowest BCUT2D eigenvalue weighted by atomic mass is 10.1. The number of benzene rings is 1. The molecule has 1 aromatic carbocycles. The zero-order chi connectivity index (χ0) is 14.4. The third-order valence-electron chi connectivity index (χ3n) is 3.30. The molecule has 1 saturated heterocycles. The van der Waals surface area contributed by atoms with Crippen molar-refractivity contribution in [3.05, 3.63) is 35.9 Å². The molecule has 0 aliphatic carbocycles. The van der Waals surface area contributed by atoms with Gasteiger partial charge in [0.25, 0.3) is 0 Å². The summed E-state index contributed by atoms with van der Waals surface area (Å²) in [6, 6.07) is 8.69. The first kappa shape index (κ1) is 14.7. The van der Waals surface area contributed by atoms with E-state index in [2.05, 4.69) is 10.5 Å². The zero-order valence-electron chi connectivity index (χ0n) is 11.2. The van der Waals surface area contributed by atoms with Crippen LogP contribution in [0.15, 0.2) is 35.5 Å². The van der Waals surface area contributed by atoms with E-state index in [0.717, 1.165) is 30.6 Å². The first-order chi connectivity index (χ1) is 9.72. The van der Waals surface area contributed by atoms with Crippen LogP contribution >= 0.6 is 11.8 Å². The highest BCUT2D eigenvalue weighted by molar-refractivity contribution is 8.00. The minimum Gasteiger partial charge on any atom is -0.409 e. The Bertz CT molecular complexity index is 473. The van der Waals surface area contributed by atoms with Gasteiger partial charge < -0.3 is 16.3 Å². The van der Waals surface area contributed by atoms with Gasteiger partial charge >= 0.3 is 0 Å². The topological polar surface area (TPSA) is 87.7 Å². The molecule has 1 amide bonds. The van der Waals surface area contributed by atoms with Crippen LogP contribution in [0.2, 0.25) is 0 Å². The van der Waals surface area contributed by atoms with Crippen LogP contribution in [0.4, 0.5) is 0 Å². The van der Waals surface area contributed by atoms with Crippen molar-refractivity contribution in [1.82, 2.24) is 5.32 Å². The molecule has 0 bridgehead atoms. The highest BCUT2D eigenvalue weighted by Crippen LogP contribution is 2.26. The number of carbonyl (C=O) groups is 1. The van der Waals surface area contributed by atoms with E-state index in [-0.39, 0.29) is 17.0 Å². The lowest BCUT2D eigenvalue weighted by molar-refractivity contribution is -0.121. The van der Waals surface area contributed by atoms with Crippen molar-refractivity contribution in [1.29, 1.82) is 0 Å². The first-order valence-electron chi connectivity index (χ1n) is 6.66. The number of amidine groups is 1. The van der Waals surface area contributed by atoms with Crippen molar-refractivity contribution in [2.75, 3.05) is 5.75 Å². The third kappa shape index (κ3) is 3.66. The second-order valence-corrected chi connectivity index (χ2v) is 6.04. The van der Waals surface area contributed by atoms with Gasteiger partial charge in [0.15, 0.2) is 5.84 Å². The number of oxime groups is 1. The second-order valence-electron chi connectivity index (χ2n) is 4.73. The van der Waals surface area contributed by atoms with E-state index in [0.29, 0.717) is 0 Å². The molecule has 0 spiro atoms. The van der Waals surface area contributed by atoms with Crippen molar-refractivity contribution in [3.8, 4) is 0 Å². The van der Waals surface area contributed by atoms with Crippen LogP contribution in [0, 0.1) is 0 Å². The molecule has 2 unspecified atom stereocenters. The molecule has 108 valence electrons. The van der Waals surface area contributed by atoms with Crippen LogP contribution < -0.4 is 11.1 Å². The Labute approximate surface area is 122 Å². The van der Waals surface area contributed by atoms with Gasteiger partial charge in [0, 0.05) is 0 Å². The first-order valence-corrected chi connectivity index (χ1v) is 7.71. The molecular weight excluding hydrogens is 274 g/mol. The molecule has 1 aliphatic rings. The minimum absolute atomic E-state index is 0.00893. The standard InChI is InChI=1S/C14H19N3O2S/c15-13(17-19)12(10-6-2-1-3-7-10)16-14(18)11-8-4-5-9-20-11/h1-3,6-7,11-12,19H,4-5,8-9H2,(H2,15,17)(H,16,18). The SMILES string of the molecule is N/C(=N/O)C(NC(=O)C1CCCCS1)c1ccccc1.